The molecule has 0 fully saturated rings. The standard InChI is InChI=1S/C19H22N2O2/c1-13(22)20-15-11-9-14(10-12-15)18(23)21-17-8-6-5-7-16(17)19(2,3)4/h5-12H,1-4H3,(H,20,22)(H,21,23). The van der Waals surface area contributed by atoms with Gasteiger partial charge in [-0.3, -0.25) is 9.59 Å². The highest BCUT2D eigenvalue weighted by Crippen LogP contribution is 2.29. The van der Waals surface area contributed by atoms with Crippen LogP contribution in [0.4, 0.5) is 11.4 Å². The van der Waals surface area contributed by atoms with E-state index in [4.69, 9.17) is 0 Å². The van der Waals surface area contributed by atoms with Crippen LogP contribution in [0, 0.1) is 0 Å². The number of hydrogen-bond donors (Lipinski definition) is 2. The van der Waals surface area contributed by atoms with Crippen LogP contribution in [0.5, 0.6) is 0 Å². The number of carbonyl (C=O) groups excluding carboxylic acids is 2. The van der Waals surface area contributed by atoms with Crippen molar-refractivity contribution in [3.8, 4) is 0 Å². The third-order valence-electron chi connectivity index (χ3n) is 3.45. The van der Waals surface area contributed by atoms with Crippen molar-refractivity contribution in [3.63, 3.8) is 0 Å². The Hall–Kier alpha value is -2.62. The summed E-state index contributed by atoms with van der Waals surface area (Å²) >= 11 is 0. The van der Waals surface area contributed by atoms with Gasteiger partial charge in [0.1, 0.15) is 0 Å². The normalized spacial score (nSPS) is 11.0. The second-order valence-corrected chi connectivity index (χ2v) is 6.51. The second-order valence-electron chi connectivity index (χ2n) is 6.51. The van der Waals surface area contributed by atoms with Gasteiger partial charge in [0.05, 0.1) is 0 Å². The lowest BCUT2D eigenvalue weighted by atomic mass is 9.86. The van der Waals surface area contributed by atoms with Crippen molar-refractivity contribution in [2.45, 2.75) is 33.1 Å². The fourth-order valence-electron chi connectivity index (χ4n) is 2.35. The molecule has 23 heavy (non-hydrogen) atoms. The SMILES string of the molecule is CC(=O)Nc1ccc(C(=O)Nc2ccccc2C(C)(C)C)cc1. The molecule has 0 heterocycles. The highest BCUT2D eigenvalue weighted by atomic mass is 16.2. The fraction of sp³-hybridized carbons (Fsp3) is 0.263. The molecule has 0 aliphatic rings. The molecule has 0 spiro atoms. The van der Waals surface area contributed by atoms with E-state index in [-0.39, 0.29) is 17.2 Å². The number of nitrogens with one attached hydrogen (secondary N) is 2. The highest BCUT2D eigenvalue weighted by molar-refractivity contribution is 6.05. The summed E-state index contributed by atoms with van der Waals surface area (Å²) in [5.74, 6) is -0.308. The molecule has 2 amide bonds. The van der Waals surface area contributed by atoms with Crippen molar-refractivity contribution >= 4 is 23.2 Å². The van der Waals surface area contributed by atoms with Gasteiger partial charge in [0, 0.05) is 23.9 Å². The first kappa shape index (κ1) is 16.7. The molecule has 4 heteroatoms. The second kappa shape index (κ2) is 6.65. The van der Waals surface area contributed by atoms with Crippen LogP contribution < -0.4 is 10.6 Å². The Morgan fingerprint density at radius 2 is 1.48 bits per heavy atom. The maximum atomic E-state index is 12.4. The molecule has 0 saturated carbocycles. The Labute approximate surface area is 136 Å². The summed E-state index contributed by atoms with van der Waals surface area (Å²) in [4.78, 5) is 23.4. The Morgan fingerprint density at radius 3 is 2.04 bits per heavy atom. The van der Waals surface area contributed by atoms with Gasteiger partial charge in [-0.2, -0.15) is 0 Å². The maximum Gasteiger partial charge on any atom is 0.255 e. The summed E-state index contributed by atoms with van der Waals surface area (Å²) in [6.45, 7) is 7.78. The predicted molar refractivity (Wildman–Crippen MR) is 93.8 cm³/mol. The zero-order chi connectivity index (χ0) is 17.0. The summed E-state index contributed by atoms with van der Waals surface area (Å²) in [6.07, 6.45) is 0. The lowest BCUT2D eigenvalue weighted by Gasteiger charge is -2.23. The first-order chi connectivity index (χ1) is 10.8. The van der Waals surface area contributed by atoms with Crippen LogP contribution in [0.25, 0.3) is 0 Å². The van der Waals surface area contributed by atoms with Crippen molar-refractivity contribution in [2.24, 2.45) is 0 Å². The average molecular weight is 310 g/mol. The number of para-hydroxylation sites is 1. The molecule has 0 aromatic heterocycles. The molecular weight excluding hydrogens is 288 g/mol. The van der Waals surface area contributed by atoms with Gasteiger partial charge in [0.15, 0.2) is 0 Å². The maximum absolute atomic E-state index is 12.4. The summed E-state index contributed by atoms with van der Waals surface area (Å²) in [5, 5.41) is 5.65. The zero-order valence-electron chi connectivity index (χ0n) is 13.9. The van der Waals surface area contributed by atoms with Gasteiger partial charge >= 0.3 is 0 Å². The van der Waals surface area contributed by atoms with Crippen molar-refractivity contribution in [2.75, 3.05) is 10.6 Å². The molecule has 0 radical (unpaired) electrons. The Morgan fingerprint density at radius 1 is 0.870 bits per heavy atom. The van der Waals surface area contributed by atoms with Crippen LogP contribution in [-0.4, -0.2) is 11.8 Å². The lowest BCUT2D eigenvalue weighted by molar-refractivity contribution is -0.114. The van der Waals surface area contributed by atoms with E-state index in [0.717, 1.165) is 11.3 Å². The van der Waals surface area contributed by atoms with Gasteiger partial charge in [0.2, 0.25) is 5.91 Å². The minimum atomic E-state index is -0.170. The first-order valence-electron chi connectivity index (χ1n) is 7.56. The quantitative estimate of drug-likeness (QED) is 0.893. The number of anilines is 2. The van der Waals surface area contributed by atoms with Crippen molar-refractivity contribution < 1.29 is 9.59 Å². The Kier molecular flexibility index (Phi) is 4.84. The van der Waals surface area contributed by atoms with Crippen LogP contribution in [0.2, 0.25) is 0 Å². The minimum absolute atomic E-state index is 0.0564. The molecule has 2 N–H and O–H groups in total. The molecule has 4 nitrogen and oxygen atoms in total. The predicted octanol–water partition coefficient (Wildman–Crippen LogP) is 4.19. The van der Waals surface area contributed by atoms with E-state index < -0.39 is 0 Å². The van der Waals surface area contributed by atoms with Crippen molar-refractivity contribution in [3.05, 3.63) is 59.7 Å². The van der Waals surface area contributed by atoms with Crippen LogP contribution >= 0.6 is 0 Å². The third-order valence-corrected chi connectivity index (χ3v) is 3.45. The Bertz CT molecular complexity index is 713. The molecule has 0 atom stereocenters. The molecule has 2 rings (SSSR count). The first-order valence-corrected chi connectivity index (χ1v) is 7.56. The number of amides is 2. The van der Waals surface area contributed by atoms with Crippen LogP contribution in [0.15, 0.2) is 48.5 Å². The molecule has 0 aliphatic heterocycles. The van der Waals surface area contributed by atoms with Crippen molar-refractivity contribution in [1.82, 2.24) is 0 Å². The number of hydrogen-bond acceptors (Lipinski definition) is 2. The molecule has 2 aromatic rings. The summed E-state index contributed by atoms with van der Waals surface area (Å²) in [7, 11) is 0. The van der Waals surface area contributed by atoms with Gasteiger partial charge in [-0.05, 0) is 41.3 Å². The van der Waals surface area contributed by atoms with Crippen LogP contribution in [0.3, 0.4) is 0 Å². The highest BCUT2D eigenvalue weighted by Gasteiger charge is 2.18. The fourth-order valence-corrected chi connectivity index (χ4v) is 2.35. The lowest BCUT2D eigenvalue weighted by Crippen LogP contribution is -2.18. The van der Waals surface area contributed by atoms with E-state index in [9.17, 15) is 9.59 Å². The molecule has 2 aromatic carbocycles. The summed E-state index contributed by atoms with van der Waals surface area (Å²) < 4.78 is 0. The van der Waals surface area contributed by atoms with E-state index in [1.807, 2.05) is 24.3 Å². The third kappa shape index (κ3) is 4.42. The van der Waals surface area contributed by atoms with Crippen LogP contribution in [-0.2, 0) is 10.2 Å². The van der Waals surface area contributed by atoms with E-state index >= 15 is 0 Å². The molecule has 0 aliphatic carbocycles. The molecule has 0 unspecified atom stereocenters. The molecule has 0 bridgehead atoms. The van der Waals surface area contributed by atoms with Crippen LogP contribution in [0.1, 0.15) is 43.6 Å². The topological polar surface area (TPSA) is 58.2 Å². The average Bonchev–Trinajstić information content (AvgIpc) is 2.46. The largest absolute Gasteiger partial charge is 0.326 e. The minimum Gasteiger partial charge on any atom is -0.326 e. The van der Waals surface area contributed by atoms with Gasteiger partial charge < -0.3 is 10.6 Å². The zero-order valence-corrected chi connectivity index (χ0v) is 13.9. The number of carbonyl (C=O) groups is 2. The number of benzene rings is 2. The van der Waals surface area contributed by atoms with E-state index in [0.29, 0.717) is 11.3 Å². The van der Waals surface area contributed by atoms with Gasteiger partial charge in [0.25, 0.3) is 5.91 Å². The van der Waals surface area contributed by atoms with Crippen molar-refractivity contribution in [1.29, 1.82) is 0 Å². The van der Waals surface area contributed by atoms with E-state index in [2.05, 4.69) is 31.4 Å². The van der Waals surface area contributed by atoms with E-state index in [1.165, 1.54) is 6.92 Å². The summed E-state index contributed by atoms with van der Waals surface area (Å²) in [5.41, 5.74) is 3.06. The van der Waals surface area contributed by atoms with Gasteiger partial charge in [-0.15, -0.1) is 0 Å². The molecular formula is C19H22N2O2. The smallest absolute Gasteiger partial charge is 0.255 e. The molecule has 0 saturated heterocycles. The number of rotatable bonds is 3. The van der Waals surface area contributed by atoms with Gasteiger partial charge in [-0.1, -0.05) is 39.0 Å². The van der Waals surface area contributed by atoms with Gasteiger partial charge in [-0.25, -0.2) is 0 Å². The summed E-state index contributed by atoms with van der Waals surface area (Å²) in [6, 6.07) is 14.6. The Balaban J connectivity index is 2.18. The monoisotopic (exact) mass is 310 g/mol. The molecule has 120 valence electrons. The van der Waals surface area contributed by atoms with E-state index in [1.54, 1.807) is 24.3 Å².